The molecule has 3 aromatic rings. The van der Waals surface area contributed by atoms with Crippen molar-refractivity contribution in [1.29, 1.82) is 0 Å². The van der Waals surface area contributed by atoms with Crippen LogP contribution >= 0.6 is 59.4 Å². The quantitative estimate of drug-likeness (QED) is 0.245. The minimum atomic E-state index is -0.297. The summed E-state index contributed by atoms with van der Waals surface area (Å²) in [6.45, 7) is 0.407. The fraction of sp³-hybridized carbons (Fsp3) is 0.0476. The number of hydrazone groups is 1. The smallest absolute Gasteiger partial charge is 0.272 e. The summed E-state index contributed by atoms with van der Waals surface area (Å²) in [6, 6.07) is 18.4. The third kappa shape index (κ3) is 6.15. The van der Waals surface area contributed by atoms with Gasteiger partial charge in [0.2, 0.25) is 0 Å². The zero-order valence-corrected chi connectivity index (χ0v) is 20.3. The molecule has 0 aliphatic carbocycles. The molecule has 0 heterocycles. The van der Waals surface area contributed by atoms with Crippen LogP contribution in [0.15, 0.2) is 79.2 Å². The van der Waals surface area contributed by atoms with Crippen LogP contribution in [0.1, 0.15) is 21.5 Å². The normalized spacial score (nSPS) is 10.9. The van der Waals surface area contributed by atoms with E-state index < -0.39 is 0 Å². The second kappa shape index (κ2) is 10.4. The van der Waals surface area contributed by atoms with E-state index in [1.807, 2.05) is 42.5 Å². The summed E-state index contributed by atoms with van der Waals surface area (Å²) in [6.07, 6.45) is 1.56. The Bertz CT molecular complexity index is 1030. The summed E-state index contributed by atoms with van der Waals surface area (Å²) < 4.78 is 8.14. The lowest BCUT2D eigenvalue weighted by Crippen LogP contribution is -2.18. The Morgan fingerprint density at radius 1 is 1.00 bits per heavy atom. The van der Waals surface area contributed by atoms with Crippen LogP contribution in [0.5, 0.6) is 5.75 Å². The molecule has 0 aliphatic heterocycles. The van der Waals surface area contributed by atoms with Gasteiger partial charge in [-0.25, -0.2) is 5.43 Å². The number of nitrogens with zero attached hydrogens (tertiary/aromatic N) is 1. The van der Waals surface area contributed by atoms with Crippen molar-refractivity contribution in [3.8, 4) is 5.75 Å². The van der Waals surface area contributed by atoms with Crippen LogP contribution in [0.25, 0.3) is 0 Å². The average molecular weight is 602 g/mol. The molecule has 4 nitrogen and oxygen atoms in total. The van der Waals surface area contributed by atoms with E-state index in [1.165, 1.54) is 0 Å². The molecule has 3 aromatic carbocycles. The van der Waals surface area contributed by atoms with E-state index in [4.69, 9.17) is 16.3 Å². The maximum absolute atomic E-state index is 12.2. The van der Waals surface area contributed by atoms with Crippen molar-refractivity contribution in [1.82, 2.24) is 5.43 Å². The molecule has 1 N–H and O–H groups in total. The maximum atomic E-state index is 12.2. The highest BCUT2D eigenvalue weighted by molar-refractivity contribution is 9.11. The van der Waals surface area contributed by atoms with Gasteiger partial charge in [-0.1, -0.05) is 35.9 Å². The number of halogens is 4. The average Bonchev–Trinajstić information content (AvgIpc) is 2.69. The summed E-state index contributed by atoms with van der Waals surface area (Å²) in [7, 11) is 0. The number of carbonyl (C=O) groups excluding carboxylic acids is 1. The molecule has 148 valence electrons. The molecule has 0 aliphatic rings. The van der Waals surface area contributed by atoms with Crippen molar-refractivity contribution >= 4 is 71.5 Å². The van der Waals surface area contributed by atoms with Crippen LogP contribution in [-0.4, -0.2) is 12.1 Å². The van der Waals surface area contributed by atoms with E-state index in [2.05, 4.69) is 58.3 Å². The molecule has 0 aromatic heterocycles. The highest BCUT2D eigenvalue weighted by Gasteiger charge is 2.10. The standard InChI is InChI=1S/C21H14Br3ClN2O2/c22-17-4-2-1-3-16(17)21(28)27-26-11-14-9-18(23)20(19(24)10-14)29-12-13-5-7-15(25)8-6-13/h1-11H,12H2,(H,27,28)/b26-11+. The lowest BCUT2D eigenvalue weighted by atomic mass is 10.2. The Hall–Kier alpha value is -1.67. The number of rotatable bonds is 6. The van der Waals surface area contributed by atoms with Crippen LogP contribution in [-0.2, 0) is 6.61 Å². The molecule has 0 saturated heterocycles. The summed E-state index contributed by atoms with van der Waals surface area (Å²) in [5.74, 6) is 0.379. The van der Waals surface area contributed by atoms with Crippen LogP contribution in [0.4, 0.5) is 0 Å². The number of carbonyl (C=O) groups is 1. The third-order valence-electron chi connectivity index (χ3n) is 3.82. The van der Waals surface area contributed by atoms with E-state index in [-0.39, 0.29) is 5.91 Å². The number of ether oxygens (including phenoxy) is 1. The van der Waals surface area contributed by atoms with E-state index in [9.17, 15) is 4.79 Å². The highest BCUT2D eigenvalue weighted by atomic mass is 79.9. The van der Waals surface area contributed by atoms with Crippen molar-refractivity contribution in [3.05, 3.63) is 95.8 Å². The van der Waals surface area contributed by atoms with Crippen LogP contribution in [0.2, 0.25) is 5.02 Å². The Kier molecular flexibility index (Phi) is 7.89. The van der Waals surface area contributed by atoms with Crippen molar-refractivity contribution in [2.45, 2.75) is 6.61 Å². The van der Waals surface area contributed by atoms with Crippen molar-refractivity contribution in [2.75, 3.05) is 0 Å². The Morgan fingerprint density at radius 2 is 1.66 bits per heavy atom. The third-order valence-corrected chi connectivity index (χ3v) is 5.94. The molecular weight excluding hydrogens is 587 g/mol. The zero-order chi connectivity index (χ0) is 20.8. The van der Waals surface area contributed by atoms with Crippen molar-refractivity contribution < 1.29 is 9.53 Å². The highest BCUT2D eigenvalue weighted by Crippen LogP contribution is 2.35. The Morgan fingerprint density at radius 3 is 2.31 bits per heavy atom. The first kappa shape index (κ1) is 22.0. The van der Waals surface area contributed by atoms with Crippen LogP contribution in [0, 0.1) is 0 Å². The molecule has 0 spiro atoms. The van der Waals surface area contributed by atoms with E-state index in [0.29, 0.717) is 27.4 Å². The SMILES string of the molecule is O=C(N/N=C/c1cc(Br)c(OCc2ccc(Cl)cc2)c(Br)c1)c1ccccc1Br. The van der Waals surface area contributed by atoms with Gasteiger partial charge in [0.05, 0.1) is 20.7 Å². The second-order valence-electron chi connectivity index (χ2n) is 5.91. The number of benzene rings is 3. The van der Waals surface area contributed by atoms with Gasteiger partial charge in [-0.2, -0.15) is 5.10 Å². The number of nitrogens with one attached hydrogen (secondary N) is 1. The fourth-order valence-electron chi connectivity index (χ4n) is 2.40. The van der Waals surface area contributed by atoms with Gasteiger partial charge in [0, 0.05) is 9.50 Å². The number of amides is 1. The van der Waals surface area contributed by atoms with E-state index >= 15 is 0 Å². The minimum Gasteiger partial charge on any atom is -0.487 e. The van der Waals surface area contributed by atoms with Gasteiger partial charge in [0.15, 0.2) is 0 Å². The fourth-order valence-corrected chi connectivity index (χ4v) is 4.44. The molecule has 0 unspecified atom stereocenters. The Balaban J connectivity index is 1.65. The molecule has 0 saturated carbocycles. The lowest BCUT2D eigenvalue weighted by molar-refractivity contribution is 0.0954. The first-order chi connectivity index (χ1) is 13.9. The van der Waals surface area contributed by atoms with Gasteiger partial charge in [0.25, 0.3) is 5.91 Å². The van der Waals surface area contributed by atoms with Crippen LogP contribution in [0.3, 0.4) is 0 Å². The topological polar surface area (TPSA) is 50.7 Å². The largest absolute Gasteiger partial charge is 0.487 e. The summed E-state index contributed by atoms with van der Waals surface area (Å²) in [5, 5.41) is 4.72. The molecule has 3 rings (SSSR count). The summed E-state index contributed by atoms with van der Waals surface area (Å²) >= 11 is 16.3. The van der Waals surface area contributed by atoms with Gasteiger partial charge in [0.1, 0.15) is 12.4 Å². The van der Waals surface area contributed by atoms with Gasteiger partial charge >= 0.3 is 0 Å². The first-order valence-electron chi connectivity index (χ1n) is 8.38. The van der Waals surface area contributed by atoms with Gasteiger partial charge in [-0.15, -0.1) is 0 Å². The summed E-state index contributed by atoms with van der Waals surface area (Å²) in [4.78, 5) is 12.2. The zero-order valence-electron chi connectivity index (χ0n) is 14.8. The number of hydrogen-bond acceptors (Lipinski definition) is 3. The van der Waals surface area contributed by atoms with E-state index in [1.54, 1.807) is 24.4 Å². The molecular formula is C21H14Br3ClN2O2. The molecule has 0 radical (unpaired) electrons. The first-order valence-corrected chi connectivity index (χ1v) is 11.1. The molecule has 0 bridgehead atoms. The maximum Gasteiger partial charge on any atom is 0.272 e. The van der Waals surface area contributed by atoms with Gasteiger partial charge < -0.3 is 4.74 Å². The lowest BCUT2D eigenvalue weighted by Gasteiger charge is -2.11. The second-order valence-corrected chi connectivity index (χ2v) is 8.91. The molecule has 1 amide bonds. The Labute approximate surface area is 198 Å². The molecule has 0 atom stereocenters. The molecule has 8 heteroatoms. The van der Waals surface area contributed by atoms with E-state index in [0.717, 1.165) is 20.1 Å². The van der Waals surface area contributed by atoms with Crippen molar-refractivity contribution in [3.63, 3.8) is 0 Å². The van der Waals surface area contributed by atoms with Gasteiger partial charge in [-0.05, 0) is 95.3 Å². The molecule has 29 heavy (non-hydrogen) atoms. The minimum absolute atomic E-state index is 0.297. The van der Waals surface area contributed by atoms with Crippen molar-refractivity contribution in [2.24, 2.45) is 5.10 Å². The van der Waals surface area contributed by atoms with Gasteiger partial charge in [-0.3, -0.25) is 4.79 Å². The number of hydrogen-bond donors (Lipinski definition) is 1. The molecule has 0 fully saturated rings. The monoisotopic (exact) mass is 598 g/mol. The summed E-state index contributed by atoms with van der Waals surface area (Å²) in [5.41, 5.74) is 4.83. The predicted molar refractivity (Wildman–Crippen MR) is 127 cm³/mol. The predicted octanol–water partition coefficient (Wildman–Crippen LogP) is 6.97. The van der Waals surface area contributed by atoms with Crippen LogP contribution < -0.4 is 10.2 Å².